The quantitative estimate of drug-likeness (QED) is 0.468. The summed E-state index contributed by atoms with van der Waals surface area (Å²) in [4.78, 5) is 30.4. The van der Waals surface area contributed by atoms with Crippen LogP contribution in [0.4, 0.5) is 11.4 Å². The molecule has 0 radical (unpaired) electrons. The summed E-state index contributed by atoms with van der Waals surface area (Å²) in [5, 5.41) is -0.285. The van der Waals surface area contributed by atoms with E-state index in [4.69, 9.17) is 5.73 Å². The van der Waals surface area contributed by atoms with Crippen LogP contribution in [0.2, 0.25) is 0 Å². The minimum atomic E-state index is -0.549. The molecule has 2 amide bonds. The summed E-state index contributed by atoms with van der Waals surface area (Å²) >= 11 is 4.48. The molecule has 1 atom stereocenters. The van der Waals surface area contributed by atoms with Gasteiger partial charge in [-0.15, -0.1) is 0 Å². The molecule has 0 spiro atoms. The summed E-state index contributed by atoms with van der Waals surface area (Å²) < 4.78 is 0.947. The van der Waals surface area contributed by atoms with E-state index in [1.165, 1.54) is 4.90 Å². The van der Waals surface area contributed by atoms with Crippen molar-refractivity contribution < 1.29 is 9.59 Å². The van der Waals surface area contributed by atoms with Crippen LogP contribution in [0.15, 0.2) is 58.0 Å². The van der Waals surface area contributed by atoms with Crippen molar-refractivity contribution in [1.82, 2.24) is 0 Å². The molecule has 1 aliphatic rings. The molecule has 25 heavy (non-hydrogen) atoms. The fraction of sp³-hybridized carbons (Fsp3) is 0.167. The summed E-state index contributed by atoms with van der Waals surface area (Å²) in [5.74, 6) is -0.473. The van der Waals surface area contributed by atoms with Crippen molar-refractivity contribution in [1.29, 1.82) is 0 Å². The largest absolute Gasteiger partial charge is 0.378 e. The van der Waals surface area contributed by atoms with E-state index in [-0.39, 0.29) is 23.4 Å². The van der Waals surface area contributed by atoms with Gasteiger partial charge in [0.15, 0.2) is 5.17 Å². The number of halogens is 1. The molecule has 1 fully saturated rings. The van der Waals surface area contributed by atoms with Crippen LogP contribution in [-0.2, 0) is 9.59 Å². The van der Waals surface area contributed by atoms with Gasteiger partial charge in [0, 0.05) is 10.9 Å². The van der Waals surface area contributed by atoms with Gasteiger partial charge in [-0.1, -0.05) is 39.8 Å². The lowest BCUT2D eigenvalue weighted by molar-refractivity contribution is -0.121. The number of anilines is 1. The highest BCUT2D eigenvalue weighted by molar-refractivity contribution is 9.10. The van der Waals surface area contributed by atoms with Crippen molar-refractivity contribution >= 4 is 56.0 Å². The first-order valence-corrected chi connectivity index (χ1v) is 9.31. The Balaban J connectivity index is 1.75. The van der Waals surface area contributed by atoms with Gasteiger partial charge in [-0.05, 0) is 48.9 Å². The number of amides is 2. The van der Waals surface area contributed by atoms with E-state index in [2.05, 4.69) is 20.9 Å². The molecule has 7 heteroatoms. The number of aryl methyl sites for hydroxylation is 1. The minimum Gasteiger partial charge on any atom is -0.378 e. The molecule has 0 aliphatic carbocycles. The molecule has 1 saturated heterocycles. The van der Waals surface area contributed by atoms with E-state index in [1.807, 2.05) is 49.4 Å². The lowest BCUT2D eigenvalue weighted by Gasteiger charge is -2.15. The SMILES string of the molecule is Cc1cccc(N2C(=O)CC(SC(N)=Nc3ccc(Br)cc3)C2=O)c1. The van der Waals surface area contributed by atoms with Crippen molar-refractivity contribution in [3.8, 4) is 0 Å². The molecule has 2 N–H and O–H groups in total. The number of carbonyl (C=O) groups is 2. The van der Waals surface area contributed by atoms with E-state index in [1.54, 1.807) is 6.07 Å². The number of carbonyl (C=O) groups excluding carboxylic acids is 2. The topological polar surface area (TPSA) is 75.8 Å². The molecule has 128 valence electrons. The summed E-state index contributed by atoms with van der Waals surface area (Å²) in [7, 11) is 0. The minimum absolute atomic E-state index is 0.119. The Morgan fingerprint density at radius 2 is 1.96 bits per heavy atom. The summed E-state index contributed by atoms with van der Waals surface area (Å²) in [5.41, 5.74) is 8.24. The van der Waals surface area contributed by atoms with Crippen LogP contribution in [0.3, 0.4) is 0 Å². The predicted molar refractivity (Wildman–Crippen MR) is 105 cm³/mol. The van der Waals surface area contributed by atoms with Gasteiger partial charge in [0.05, 0.1) is 11.4 Å². The molecular formula is C18H16BrN3O2S. The number of hydrogen-bond acceptors (Lipinski definition) is 4. The van der Waals surface area contributed by atoms with Crippen LogP contribution in [-0.4, -0.2) is 22.2 Å². The molecule has 3 rings (SSSR count). The second-order valence-corrected chi connectivity index (χ2v) is 7.78. The summed E-state index contributed by atoms with van der Waals surface area (Å²) in [6, 6.07) is 14.7. The fourth-order valence-electron chi connectivity index (χ4n) is 2.55. The third-order valence-electron chi connectivity index (χ3n) is 3.69. The first-order valence-electron chi connectivity index (χ1n) is 7.64. The predicted octanol–water partition coefficient (Wildman–Crippen LogP) is 3.77. The third-order valence-corrected chi connectivity index (χ3v) is 5.21. The fourth-order valence-corrected chi connectivity index (χ4v) is 3.70. The average Bonchev–Trinajstić information content (AvgIpc) is 2.83. The van der Waals surface area contributed by atoms with Gasteiger partial charge in [0.1, 0.15) is 5.25 Å². The Bertz CT molecular complexity index is 852. The van der Waals surface area contributed by atoms with E-state index in [9.17, 15) is 9.59 Å². The zero-order valence-electron chi connectivity index (χ0n) is 13.5. The Morgan fingerprint density at radius 3 is 2.64 bits per heavy atom. The van der Waals surface area contributed by atoms with Crippen molar-refractivity contribution in [2.75, 3.05) is 4.90 Å². The zero-order valence-corrected chi connectivity index (χ0v) is 15.9. The number of benzene rings is 2. The third kappa shape index (κ3) is 4.11. The number of hydrogen-bond donors (Lipinski definition) is 1. The van der Waals surface area contributed by atoms with E-state index in [0.717, 1.165) is 21.8 Å². The van der Waals surface area contributed by atoms with E-state index in [0.29, 0.717) is 11.4 Å². The van der Waals surface area contributed by atoms with Crippen molar-refractivity contribution in [2.45, 2.75) is 18.6 Å². The van der Waals surface area contributed by atoms with Gasteiger partial charge >= 0.3 is 0 Å². The number of thioether (sulfide) groups is 1. The first kappa shape index (κ1) is 17.7. The van der Waals surface area contributed by atoms with Crippen LogP contribution >= 0.6 is 27.7 Å². The molecule has 1 aliphatic heterocycles. The van der Waals surface area contributed by atoms with Crippen LogP contribution in [0.25, 0.3) is 0 Å². The van der Waals surface area contributed by atoms with Gasteiger partial charge in [-0.3, -0.25) is 9.59 Å². The maximum absolute atomic E-state index is 12.6. The molecule has 5 nitrogen and oxygen atoms in total. The Labute approximate surface area is 158 Å². The first-order chi connectivity index (χ1) is 11.9. The molecule has 2 aromatic carbocycles. The lowest BCUT2D eigenvalue weighted by atomic mass is 10.2. The van der Waals surface area contributed by atoms with Gasteiger partial charge in [-0.25, -0.2) is 9.89 Å². The van der Waals surface area contributed by atoms with E-state index < -0.39 is 5.25 Å². The maximum atomic E-state index is 12.6. The van der Waals surface area contributed by atoms with E-state index >= 15 is 0 Å². The monoisotopic (exact) mass is 417 g/mol. The van der Waals surface area contributed by atoms with Gasteiger partial charge < -0.3 is 5.73 Å². The second kappa shape index (κ2) is 7.41. The van der Waals surface area contributed by atoms with Crippen molar-refractivity contribution in [2.24, 2.45) is 10.7 Å². The molecular weight excluding hydrogens is 402 g/mol. The van der Waals surface area contributed by atoms with Crippen LogP contribution in [0.5, 0.6) is 0 Å². The number of imide groups is 1. The van der Waals surface area contributed by atoms with Gasteiger partial charge in [0.25, 0.3) is 0 Å². The summed E-state index contributed by atoms with van der Waals surface area (Å²) in [6.07, 6.45) is 0.119. The number of nitrogens with zero attached hydrogens (tertiary/aromatic N) is 2. The molecule has 0 bridgehead atoms. The lowest BCUT2D eigenvalue weighted by Crippen LogP contribution is -2.31. The Kier molecular flexibility index (Phi) is 5.24. The Morgan fingerprint density at radius 1 is 1.24 bits per heavy atom. The number of aliphatic imine (C=N–C) groups is 1. The van der Waals surface area contributed by atoms with Gasteiger partial charge in [-0.2, -0.15) is 0 Å². The van der Waals surface area contributed by atoms with Crippen molar-refractivity contribution in [3.05, 3.63) is 58.6 Å². The number of rotatable bonds is 3. The van der Waals surface area contributed by atoms with Crippen molar-refractivity contribution in [3.63, 3.8) is 0 Å². The number of nitrogens with two attached hydrogens (primary N) is 1. The van der Waals surface area contributed by atoms with Crippen LogP contribution in [0.1, 0.15) is 12.0 Å². The second-order valence-electron chi connectivity index (χ2n) is 5.64. The number of amidine groups is 1. The van der Waals surface area contributed by atoms with Gasteiger partial charge in [0.2, 0.25) is 11.8 Å². The average molecular weight is 418 g/mol. The summed E-state index contributed by atoms with van der Waals surface area (Å²) in [6.45, 7) is 1.92. The highest BCUT2D eigenvalue weighted by Gasteiger charge is 2.40. The normalized spacial score (nSPS) is 18.1. The zero-order chi connectivity index (χ0) is 18.0. The Hall–Kier alpha value is -2.12. The highest BCUT2D eigenvalue weighted by Crippen LogP contribution is 2.30. The molecule has 1 unspecified atom stereocenters. The smallest absolute Gasteiger partial charge is 0.247 e. The molecule has 1 heterocycles. The molecule has 0 aromatic heterocycles. The standard InChI is InChI=1S/C18H16BrN3O2S/c1-11-3-2-4-14(9-11)22-16(23)10-15(17(22)24)25-18(20)21-13-7-5-12(19)6-8-13/h2-9,15H,10H2,1H3,(H2,20,21). The highest BCUT2D eigenvalue weighted by atomic mass is 79.9. The molecule has 0 saturated carbocycles. The van der Waals surface area contributed by atoms with Crippen LogP contribution in [0, 0.1) is 6.92 Å². The molecule has 2 aromatic rings. The maximum Gasteiger partial charge on any atom is 0.247 e. The van der Waals surface area contributed by atoms with Crippen LogP contribution < -0.4 is 10.6 Å².